The van der Waals surface area contributed by atoms with Gasteiger partial charge in [0.25, 0.3) is 11.8 Å². The van der Waals surface area contributed by atoms with Crippen molar-refractivity contribution in [2.24, 2.45) is 11.3 Å². The van der Waals surface area contributed by atoms with Crippen LogP contribution in [0.2, 0.25) is 0 Å². The van der Waals surface area contributed by atoms with E-state index in [1.807, 2.05) is 30.3 Å². The Balaban J connectivity index is 1.22. The van der Waals surface area contributed by atoms with Crippen molar-refractivity contribution < 1.29 is 37.4 Å². The molecule has 10 nitrogen and oxygen atoms in total. The van der Waals surface area contributed by atoms with E-state index in [9.17, 15) is 28.0 Å². The average molecular weight is 623 g/mol. The molecule has 3 heterocycles. The molecular weight excluding hydrogens is 586 g/mol. The third-order valence-corrected chi connectivity index (χ3v) is 9.26. The molecule has 2 aliphatic heterocycles. The number of aromatic nitrogens is 1. The molecule has 1 aromatic heterocycles. The molecule has 45 heavy (non-hydrogen) atoms. The second kappa shape index (κ2) is 12.2. The van der Waals surface area contributed by atoms with Gasteiger partial charge in [-0.25, -0.2) is 8.78 Å². The normalized spacial score (nSPS) is 24.3. The number of amides is 3. The molecule has 3 N–H and O–H groups in total. The van der Waals surface area contributed by atoms with Crippen LogP contribution >= 0.6 is 0 Å². The molecule has 3 fully saturated rings. The van der Waals surface area contributed by atoms with Crippen molar-refractivity contribution in [2.45, 2.75) is 56.7 Å². The van der Waals surface area contributed by atoms with Gasteiger partial charge in [-0.1, -0.05) is 36.4 Å². The van der Waals surface area contributed by atoms with Gasteiger partial charge in [-0.3, -0.25) is 19.2 Å². The molecule has 2 saturated heterocycles. The summed E-state index contributed by atoms with van der Waals surface area (Å²) in [4.78, 5) is 57.8. The van der Waals surface area contributed by atoms with E-state index in [0.29, 0.717) is 29.6 Å². The van der Waals surface area contributed by atoms with Gasteiger partial charge in [0.15, 0.2) is 5.78 Å². The summed E-state index contributed by atoms with van der Waals surface area (Å²) in [6.07, 6.45) is 0.647. The van der Waals surface area contributed by atoms with Crippen LogP contribution in [0.15, 0.2) is 54.6 Å². The molecule has 0 bridgehead atoms. The maximum Gasteiger partial charge on any atom is 0.271 e. The molecule has 1 spiro atoms. The van der Waals surface area contributed by atoms with Crippen molar-refractivity contribution in [3.8, 4) is 5.75 Å². The third-order valence-electron chi connectivity index (χ3n) is 9.26. The van der Waals surface area contributed by atoms with Crippen LogP contribution in [0.1, 0.15) is 48.2 Å². The highest BCUT2D eigenvalue weighted by Gasteiger charge is 2.75. The fraction of sp³-hybridized carbons (Fsp3) is 0.455. The van der Waals surface area contributed by atoms with E-state index in [4.69, 9.17) is 9.47 Å². The van der Waals surface area contributed by atoms with Gasteiger partial charge in [0.1, 0.15) is 24.1 Å². The Morgan fingerprint density at radius 1 is 1.13 bits per heavy atom. The number of carbonyl (C=O) groups excluding carboxylic acids is 4. The molecule has 3 aliphatic rings. The molecule has 3 amide bonds. The Kier molecular flexibility index (Phi) is 8.34. The summed E-state index contributed by atoms with van der Waals surface area (Å²) < 4.78 is 40.3. The highest BCUT2D eigenvalue weighted by molar-refractivity contribution is 6.02. The minimum absolute atomic E-state index is 0.0366. The SMILES string of the molecule is COc1cccc2[nH]c(C(=O)N3CC4(CC3C(=O)NC(CC3CCCNC3=O)C(=O)COCc3ccccc3)CC4(F)F)cc12. The summed E-state index contributed by atoms with van der Waals surface area (Å²) in [6, 6.07) is 13.8. The number of Topliss-reactive ketones (excluding diaryl/α,β-unsaturated/α-hetero) is 1. The quantitative estimate of drug-likeness (QED) is 0.300. The molecule has 6 rings (SSSR count). The molecule has 238 valence electrons. The number of ether oxygens (including phenoxy) is 2. The summed E-state index contributed by atoms with van der Waals surface area (Å²) >= 11 is 0. The van der Waals surface area contributed by atoms with E-state index in [2.05, 4.69) is 15.6 Å². The zero-order chi connectivity index (χ0) is 31.8. The Bertz CT molecular complexity index is 1610. The van der Waals surface area contributed by atoms with Gasteiger partial charge >= 0.3 is 0 Å². The molecule has 4 unspecified atom stereocenters. The summed E-state index contributed by atoms with van der Waals surface area (Å²) in [5.74, 6) is -4.95. The second-order valence-corrected chi connectivity index (χ2v) is 12.3. The number of carbonyl (C=O) groups is 4. The lowest BCUT2D eigenvalue weighted by atomic mass is 9.90. The zero-order valence-electron chi connectivity index (χ0n) is 24.9. The molecule has 0 radical (unpaired) electrons. The van der Waals surface area contributed by atoms with E-state index < -0.39 is 53.4 Å². The van der Waals surface area contributed by atoms with Crippen molar-refractivity contribution in [2.75, 3.05) is 26.8 Å². The van der Waals surface area contributed by atoms with E-state index in [-0.39, 0.29) is 44.2 Å². The number of hydrogen-bond acceptors (Lipinski definition) is 6. The van der Waals surface area contributed by atoms with E-state index in [1.54, 1.807) is 24.3 Å². The van der Waals surface area contributed by atoms with Gasteiger partial charge in [0.05, 0.1) is 25.2 Å². The van der Waals surface area contributed by atoms with Gasteiger partial charge < -0.3 is 30.0 Å². The lowest BCUT2D eigenvalue weighted by Crippen LogP contribution is -2.53. The number of aromatic amines is 1. The highest BCUT2D eigenvalue weighted by Crippen LogP contribution is 2.66. The first-order chi connectivity index (χ1) is 21.6. The van der Waals surface area contributed by atoms with E-state index in [1.165, 1.54) is 12.0 Å². The molecule has 4 atom stereocenters. The van der Waals surface area contributed by atoms with Gasteiger partial charge in [-0.2, -0.15) is 0 Å². The number of methoxy groups -OCH3 is 1. The Labute approximate surface area is 258 Å². The standard InChI is InChI=1S/C33H36F2N4O6/c1-44-28-11-5-10-23-22(28)14-25(37-23)31(43)39-19-32(18-33(32,34)35)15-26(39)30(42)38-24(13-21-9-6-12-36-29(21)41)27(40)17-45-16-20-7-3-2-4-8-20/h2-5,7-8,10-11,14,21,24,26,37H,6,9,12-13,15-19H2,1H3,(H,36,41)(H,38,42). The van der Waals surface area contributed by atoms with Crippen LogP contribution in [-0.2, 0) is 25.7 Å². The first-order valence-electron chi connectivity index (χ1n) is 15.2. The van der Waals surface area contributed by atoms with Crippen LogP contribution in [0.4, 0.5) is 8.78 Å². The van der Waals surface area contributed by atoms with Crippen LogP contribution in [0, 0.1) is 11.3 Å². The Morgan fingerprint density at radius 2 is 1.91 bits per heavy atom. The number of halogens is 2. The number of H-pyrrole nitrogens is 1. The fourth-order valence-electron chi connectivity index (χ4n) is 6.61. The van der Waals surface area contributed by atoms with Crippen LogP contribution in [-0.4, -0.2) is 78.2 Å². The third kappa shape index (κ3) is 6.15. The lowest BCUT2D eigenvalue weighted by molar-refractivity contribution is -0.134. The minimum Gasteiger partial charge on any atom is -0.496 e. The smallest absolute Gasteiger partial charge is 0.271 e. The van der Waals surface area contributed by atoms with Crippen molar-refractivity contribution >= 4 is 34.4 Å². The monoisotopic (exact) mass is 622 g/mol. The first-order valence-corrected chi connectivity index (χ1v) is 15.2. The number of nitrogens with one attached hydrogen (secondary N) is 3. The van der Waals surface area contributed by atoms with E-state index in [0.717, 1.165) is 12.0 Å². The Morgan fingerprint density at radius 3 is 2.62 bits per heavy atom. The fourth-order valence-corrected chi connectivity index (χ4v) is 6.61. The number of likely N-dealkylation sites (tertiary alicyclic amines) is 1. The molecule has 3 aromatic rings. The number of ketones is 1. The predicted molar refractivity (Wildman–Crippen MR) is 160 cm³/mol. The average Bonchev–Trinajstić information content (AvgIpc) is 3.36. The molecule has 1 saturated carbocycles. The maximum atomic E-state index is 14.6. The number of hydrogen-bond donors (Lipinski definition) is 3. The molecule has 1 aliphatic carbocycles. The van der Waals surface area contributed by atoms with Gasteiger partial charge in [0.2, 0.25) is 11.8 Å². The zero-order valence-corrected chi connectivity index (χ0v) is 24.9. The predicted octanol–water partition coefficient (Wildman–Crippen LogP) is 3.60. The van der Waals surface area contributed by atoms with Crippen LogP contribution in [0.25, 0.3) is 10.9 Å². The summed E-state index contributed by atoms with van der Waals surface area (Å²) in [7, 11) is 1.50. The highest BCUT2D eigenvalue weighted by atomic mass is 19.3. The number of fused-ring (bicyclic) bond motifs is 1. The largest absolute Gasteiger partial charge is 0.496 e. The number of alkyl halides is 2. The number of benzene rings is 2. The summed E-state index contributed by atoms with van der Waals surface area (Å²) in [5, 5.41) is 6.17. The van der Waals surface area contributed by atoms with Gasteiger partial charge in [0, 0.05) is 36.3 Å². The van der Waals surface area contributed by atoms with Crippen molar-refractivity contribution in [1.29, 1.82) is 0 Å². The number of rotatable bonds is 11. The topological polar surface area (TPSA) is 130 Å². The molecule has 12 heteroatoms. The molecule has 2 aromatic carbocycles. The van der Waals surface area contributed by atoms with Crippen molar-refractivity contribution in [3.05, 3.63) is 65.9 Å². The van der Waals surface area contributed by atoms with Gasteiger partial charge in [-0.05, 0) is 49.4 Å². The lowest BCUT2D eigenvalue weighted by Gasteiger charge is -2.29. The van der Waals surface area contributed by atoms with Crippen LogP contribution in [0.5, 0.6) is 5.75 Å². The van der Waals surface area contributed by atoms with Crippen molar-refractivity contribution in [1.82, 2.24) is 20.5 Å². The van der Waals surface area contributed by atoms with E-state index >= 15 is 0 Å². The van der Waals surface area contributed by atoms with Gasteiger partial charge in [-0.15, -0.1) is 0 Å². The molecular formula is C33H36F2N4O6. The Hall–Kier alpha value is -4.32. The van der Waals surface area contributed by atoms with Crippen LogP contribution < -0.4 is 15.4 Å². The van der Waals surface area contributed by atoms with Crippen LogP contribution in [0.3, 0.4) is 0 Å². The summed E-state index contributed by atoms with van der Waals surface area (Å²) in [5.41, 5.74) is 0.115. The van der Waals surface area contributed by atoms with Crippen molar-refractivity contribution in [3.63, 3.8) is 0 Å². The number of nitrogens with zero attached hydrogens (tertiary/aromatic N) is 1. The summed E-state index contributed by atoms with van der Waals surface area (Å²) in [6.45, 7) is 0.0954. The first kappa shape index (κ1) is 30.7. The maximum absolute atomic E-state index is 14.6. The minimum atomic E-state index is -3.01. The number of piperidine rings is 1. The second-order valence-electron chi connectivity index (χ2n) is 12.3.